The highest BCUT2D eigenvalue weighted by Crippen LogP contribution is 2.21. The van der Waals surface area contributed by atoms with Crippen LogP contribution in [0.25, 0.3) is 0 Å². The van der Waals surface area contributed by atoms with Crippen LogP contribution >= 0.6 is 0 Å². The second kappa shape index (κ2) is 7.99. The highest BCUT2D eigenvalue weighted by molar-refractivity contribution is 5.27. The Balaban J connectivity index is 1.70. The van der Waals surface area contributed by atoms with E-state index in [1.54, 1.807) is 0 Å². The van der Waals surface area contributed by atoms with Crippen molar-refractivity contribution in [1.29, 1.82) is 0 Å². The van der Waals surface area contributed by atoms with Crippen molar-refractivity contribution in [3.05, 3.63) is 48.0 Å². The summed E-state index contributed by atoms with van der Waals surface area (Å²) in [7, 11) is 0. The molecule has 1 atom stereocenters. The summed E-state index contributed by atoms with van der Waals surface area (Å²) in [5.74, 6) is 0.675. The Morgan fingerprint density at radius 3 is 2.52 bits per heavy atom. The number of hydrogen-bond acceptors (Lipinski definition) is 6. The topological polar surface area (TPSA) is 63.2 Å². The quantitative estimate of drug-likeness (QED) is 0.879. The average molecular weight is 313 g/mol. The first-order chi connectivity index (χ1) is 11.4. The minimum atomic E-state index is 0.261. The van der Waals surface area contributed by atoms with E-state index in [1.165, 1.54) is 5.56 Å². The van der Waals surface area contributed by atoms with E-state index in [9.17, 15) is 0 Å². The van der Waals surface area contributed by atoms with Gasteiger partial charge in [-0.15, -0.1) is 0 Å². The maximum Gasteiger partial charge on any atom is 0.222 e. The minimum Gasteiger partial charge on any atom is -0.379 e. The molecular formula is C17H23N5O. The minimum absolute atomic E-state index is 0.261. The third kappa shape index (κ3) is 4.24. The Morgan fingerprint density at radius 1 is 1.17 bits per heavy atom. The number of aromatic nitrogens is 3. The molecule has 0 aliphatic carbocycles. The second-order valence-corrected chi connectivity index (χ2v) is 5.59. The van der Waals surface area contributed by atoms with Gasteiger partial charge in [0.15, 0.2) is 0 Å². The summed E-state index contributed by atoms with van der Waals surface area (Å²) < 4.78 is 5.47. The van der Waals surface area contributed by atoms with Crippen molar-refractivity contribution in [1.82, 2.24) is 19.9 Å². The van der Waals surface area contributed by atoms with Crippen LogP contribution in [0.15, 0.2) is 36.9 Å². The van der Waals surface area contributed by atoms with E-state index in [1.807, 2.05) is 24.8 Å². The Morgan fingerprint density at radius 2 is 1.87 bits per heavy atom. The highest BCUT2D eigenvalue weighted by Gasteiger charge is 2.22. The molecule has 23 heavy (non-hydrogen) atoms. The summed E-state index contributed by atoms with van der Waals surface area (Å²) in [5.41, 5.74) is 2.40. The van der Waals surface area contributed by atoms with Crippen LogP contribution in [0.2, 0.25) is 0 Å². The lowest BCUT2D eigenvalue weighted by molar-refractivity contribution is 0.0186. The number of aryl methyl sites for hydroxylation is 1. The predicted octanol–water partition coefficient (Wildman–Crippen LogP) is 1.92. The van der Waals surface area contributed by atoms with Crippen molar-refractivity contribution in [2.24, 2.45) is 0 Å². The van der Waals surface area contributed by atoms with Crippen LogP contribution < -0.4 is 5.32 Å². The van der Waals surface area contributed by atoms with E-state index >= 15 is 0 Å². The fraction of sp³-hybridized carbons (Fsp3) is 0.471. The van der Waals surface area contributed by atoms with E-state index in [0.29, 0.717) is 5.95 Å². The molecule has 122 valence electrons. The molecule has 1 fully saturated rings. The monoisotopic (exact) mass is 313 g/mol. The Kier molecular flexibility index (Phi) is 5.50. The Labute approximate surface area is 136 Å². The Hall–Kier alpha value is -2.05. The fourth-order valence-corrected chi connectivity index (χ4v) is 2.75. The third-order valence-electron chi connectivity index (χ3n) is 4.14. The molecule has 3 heterocycles. The molecule has 1 aliphatic heterocycles. The smallest absolute Gasteiger partial charge is 0.222 e. The summed E-state index contributed by atoms with van der Waals surface area (Å²) in [6.07, 6.45) is 8.40. The van der Waals surface area contributed by atoms with Gasteiger partial charge in [0, 0.05) is 44.4 Å². The number of nitrogens with zero attached hydrogens (tertiary/aromatic N) is 4. The molecule has 1 aliphatic rings. The van der Waals surface area contributed by atoms with Gasteiger partial charge in [0.1, 0.15) is 0 Å². The number of rotatable bonds is 6. The van der Waals surface area contributed by atoms with Gasteiger partial charge in [0.25, 0.3) is 0 Å². The van der Waals surface area contributed by atoms with Crippen molar-refractivity contribution < 1.29 is 4.74 Å². The SMILES string of the molecule is CCc1cnc(NCC(c2ccncc2)N2CCOCC2)nc1. The third-order valence-corrected chi connectivity index (χ3v) is 4.14. The van der Waals surface area contributed by atoms with E-state index in [0.717, 1.165) is 44.8 Å². The Bertz CT molecular complexity index is 584. The molecule has 6 heteroatoms. The van der Waals surface area contributed by atoms with Crippen LogP contribution in [0.4, 0.5) is 5.95 Å². The number of pyridine rings is 1. The van der Waals surface area contributed by atoms with Crippen LogP contribution in [0.5, 0.6) is 0 Å². The average Bonchev–Trinajstić information content (AvgIpc) is 2.64. The van der Waals surface area contributed by atoms with Gasteiger partial charge in [-0.25, -0.2) is 9.97 Å². The van der Waals surface area contributed by atoms with Gasteiger partial charge >= 0.3 is 0 Å². The van der Waals surface area contributed by atoms with Gasteiger partial charge in [-0.1, -0.05) is 6.92 Å². The number of anilines is 1. The molecule has 0 radical (unpaired) electrons. The molecule has 6 nitrogen and oxygen atoms in total. The molecule has 0 saturated carbocycles. The van der Waals surface area contributed by atoms with Gasteiger partial charge in [0.05, 0.1) is 19.3 Å². The largest absolute Gasteiger partial charge is 0.379 e. The molecule has 1 saturated heterocycles. The summed E-state index contributed by atoms with van der Waals surface area (Å²) in [4.78, 5) is 15.3. The fourth-order valence-electron chi connectivity index (χ4n) is 2.75. The van der Waals surface area contributed by atoms with Gasteiger partial charge < -0.3 is 10.1 Å². The van der Waals surface area contributed by atoms with Crippen LogP contribution in [0, 0.1) is 0 Å². The maximum absolute atomic E-state index is 5.47. The van der Waals surface area contributed by atoms with Gasteiger partial charge in [-0.2, -0.15) is 0 Å². The molecule has 1 N–H and O–H groups in total. The van der Waals surface area contributed by atoms with E-state index in [2.05, 4.69) is 44.2 Å². The zero-order valence-electron chi connectivity index (χ0n) is 13.5. The number of ether oxygens (including phenoxy) is 1. The second-order valence-electron chi connectivity index (χ2n) is 5.59. The molecule has 0 spiro atoms. The molecule has 0 amide bonds. The zero-order valence-corrected chi connectivity index (χ0v) is 13.5. The molecule has 0 bridgehead atoms. The summed E-state index contributed by atoms with van der Waals surface area (Å²) in [6.45, 7) is 6.29. The van der Waals surface area contributed by atoms with Gasteiger partial charge in [-0.05, 0) is 29.7 Å². The molecule has 2 aromatic rings. The molecule has 3 rings (SSSR count). The summed E-state index contributed by atoms with van der Waals surface area (Å²) in [5, 5.41) is 3.37. The van der Waals surface area contributed by atoms with Crippen LogP contribution in [-0.2, 0) is 11.2 Å². The standard InChI is InChI=1S/C17H23N5O/c1-2-14-11-19-17(20-12-14)21-13-16(15-3-5-18-6-4-15)22-7-9-23-10-8-22/h3-6,11-12,16H,2,7-10,13H2,1H3,(H,19,20,21). The van der Waals surface area contributed by atoms with Gasteiger partial charge in [-0.3, -0.25) is 9.88 Å². The van der Waals surface area contributed by atoms with E-state index in [4.69, 9.17) is 4.74 Å². The maximum atomic E-state index is 5.47. The van der Waals surface area contributed by atoms with Gasteiger partial charge in [0.2, 0.25) is 5.95 Å². The summed E-state index contributed by atoms with van der Waals surface area (Å²) >= 11 is 0. The lowest BCUT2D eigenvalue weighted by Gasteiger charge is -2.34. The first-order valence-electron chi connectivity index (χ1n) is 8.13. The van der Waals surface area contributed by atoms with Crippen LogP contribution in [0.3, 0.4) is 0 Å². The van der Waals surface area contributed by atoms with Crippen molar-refractivity contribution >= 4 is 5.95 Å². The summed E-state index contributed by atoms with van der Waals surface area (Å²) in [6, 6.07) is 4.41. The van der Waals surface area contributed by atoms with E-state index < -0.39 is 0 Å². The zero-order chi connectivity index (χ0) is 15.9. The van der Waals surface area contributed by atoms with Crippen molar-refractivity contribution in [3.63, 3.8) is 0 Å². The van der Waals surface area contributed by atoms with Crippen LogP contribution in [0.1, 0.15) is 24.1 Å². The number of hydrogen-bond donors (Lipinski definition) is 1. The van der Waals surface area contributed by atoms with Crippen molar-refractivity contribution in [3.8, 4) is 0 Å². The molecule has 0 aromatic carbocycles. The van der Waals surface area contributed by atoms with Crippen LogP contribution in [-0.4, -0.2) is 52.7 Å². The molecular weight excluding hydrogens is 290 g/mol. The normalized spacial score (nSPS) is 16.9. The van der Waals surface area contributed by atoms with Crippen molar-refractivity contribution in [2.45, 2.75) is 19.4 Å². The first kappa shape index (κ1) is 15.8. The lowest BCUT2D eigenvalue weighted by Crippen LogP contribution is -2.41. The molecule has 2 aromatic heterocycles. The number of morpholine rings is 1. The highest BCUT2D eigenvalue weighted by atomic mass is 16.5. The van der Waals surface area contributed by atoms with Crippen molar-refractivity contribution in [2.75, 3.05) is 38.2 Å². The number of nitrogens with one attached hydrogen (secondary N) is 1. The molecule has 1 unspecified atom stereocenters. The first-order valence-corrected chi connectivity index (χ1v) is 8.13. The van der Waals surface area contributed by atoms with E-state index in [-0.39, 0.29) is 6.04 Å². The predicted molar refractivity (Wildman–Crippen MR) is 89.3 cm³/mol. The lowest BCUT2D eigenvalue weighted by atomic mass is 10.1.